The number of amides is 1. The van der Waals surface area contributed by atoms with E-state index in [0.29, 0.717) is 29.7 Å². The number of carbonyl (C=O) groups excluding carboxylic acids is 1. The molecule has 0 spiro atoms. The van der Waals surface area contributed by atoms with Crippen molar-refractivity contribution in [1.82, 2.24) is 10.6 Å². The molecule has 2 aromatic rings. The topological polar surface area (TPSA) is 84.0 Å². The Balaban J connectivity index is 0.00000392. The number of rotatable bonds is 7. The number of nitrogens with one attached hydrogen (secondary N) is 3. The molecule has 0 fully saturated rings. The molecule has 3 N–H and O–H groups in total. The van der Waals surface area contributed by atoms with Crippen molar-refractivity contribution < 1.29 is 18.7 Å². The molecule has 0 bridgehead atoms. The summed E-state index contributed by atoms with van der Waals surface area (Å²) in [6, 6.07) is 11.2. The van der Waals surface area contributed by atoms with E-state index < -0.39 is 0 Å². The average molecular weight is 502 g/mol. The number of benzene rings is 2. The van der Waals surface area contributed by atoms with Crippen molar-refractivity contribution in [3.8, 4) is 11.5 Å². The molecule has 1 amide bonds. The summed E-state index contributed by atoms with van der Waals surface area (Å²) < 4.78 is 23.4. The van der Waals surface area contributed by atoms with Gasteiger partial charge < -0.3 is 25.4 Å². The molecule has 0 aliphatic rings. The Labute approximate surface area is 180 Å². The van der Waals surface area contributed by atoms with Crippen LogP contribution < -0.4 is 25.4 Å². The van der Waals surface area contributed by atoms with Crippen LogP contribution in [0.3, 0.4) is 0 Å². The fourth-order valence-corrected chi connectivity index (χ4v) is 2.30. The Morgan fingerprint density at radius 1 is 1.04 bits per heavy atom. The molecule has 9 heteroatoms. The number of methoxy groups -OCH3 is 2. The second-order valence-corrected chi connectivity index (χ2v) is 5.52. The fourth-order valence-electron chi connectivity index (χ4n) is 2.30. The molecule has 0 heterocycles. The van der Waals surface area contributed by atoms with Crippen molar-refractivity contribution in [1.29, 1.82) is 0 Å². The maximum atomic E-state index is 12.9. The number of anilines is 1. The van der Waals surface area contributed by atoms with Crippen molar-refractivity contribution in [2.24, 2.45) is 4.99 Å². The zero-order valence-corrected chi connectivity index (χ0v) is 18.2. The lowest BCUT2D eigenvalue weighted by atomic mass is 10.2. The van der Waals surface area contributed by atoms with E-state index in [1.165, 1.54) is 24.3 Å². The highest BCUT2D eigenvalue weighted by molar-refractivity contribution is 14.0. The molecular formula is C19H24FIN4O3. The minimum atomic E-state index is -0.356. The van der Waals surface area contributed by atoms with Gasteiger partial charge in [0.25, 0.3) is 0 Å². The van der Waals surface area contributed by atoms with Crippen molar-refractivity contribution in [3.05, 3.63) is 53.8 Å². The molecule has 7 nitrogen and oxygen atoms in total. The minimum absolute atomic E-state index is 0. The van der Waals surface area contributed by atoms with Crippen LogP contribution >= 0.6 is 24.0 Å². The van der Waals surface area contributed by atoms with Gasteiger partial charge in [-0.15, -0.1) is 24.0 Å². The van der Waals surface area contributed by atoms with E-state index in [1.54, 1.807) is 21.3 Å². The predicted molar refractivity (Wildman–Crippen MR) is 118 cm³/mol. The third-order valence-corrected chi connectivity index (χ3v) is 3.68. The van der Waals surface area contributed by atoms with Gasteiger partial charge in [0.05, 0.1) is 20.8 Å². The minimum Gasteiger partial charge on any atom is -0.493 e. The lowest BCUT2D eigenvalue weighted by molar-refractivity contribution is -0.115. The maximum absolute atomic E-state index is 12.9. The first-order valence-electron chi connectivity index (χ1n) is 8.26. The van der Waals surface area contributed by atoms with Crippen molar-refractivity contribution in [2.45, 2.75) is 6.54 Å². The molecular weight excluding hydrogens is 478 g/mol. The number of nitrogens with zero attached hydrogens (tertiary/aromatic N) is 1. The molecule has 0 saturated carbocycles. The standard InChI is InChI=1S/C19H23FN4O3.HI/c1-21-19(22-11-13-4-9-16(26-2)17(10-13)27-3)23-12-18(25)24-15-7-5-14(20)6-8-15;/h4-10H,11-12H2,1-3H3,(H,24,25)(H2,21,22,23);1H. The molecule has 28 heavy (non-hydrogen) atoms. The molecule has 0 atom stereocenters. The van der Waals surface area contributed by atoms with Gasteiger partial charge in [0.2, 0.25) is 5.91 Å². The summed E-state index contributed by atoms with van der Waals surface area (Å²) in [6.45, 7) is 0.503. The largest absolute Gasteiger partial charge is 0.493 e. The smallest absolute Gasteiger partial charge is 0.243 e. The van der Waals surface area contributed by atoms with Crippen LogP contribution in [-0.2, 0) is 11.3 Å². The van der Waals surface area contributed by atoms with Crippen LogP contribution in [0.15, 0.2) is 47.5 Å². The molecule has 0 unspecified atom stereocenters. The van der Waals surface area contributed by atoms with Crippen LogP contribution in [0.5, 0.6) is 11.5 Å². The van der Waals surface area contributed by atoms with E-state index in [2.05, 4.69) is 20.9 Å². The summed E-state index contributed by atoms with van der Waals surface area (Å²) in [5.41, 5.74) is 1.49. The van der Waals surface area contributed by atoms with Crippen LogP contribution in [-0.4, -0.2) is 39.7 Å². The summed E-state index contributed by atoms with van der Waals surface area (Å²) >= 11 is 0. The molecule has 0 saturated heterocycles. The van der Waals surface area contributed by atoms with Gasteiger partial charge in [0, 0.05) is 19.3 Å². The Bertz CT molecular complexity index is 800. The van der Waals surface area contributed by atoms with E-state index in [1.807, 2.05) is 18.2 Å². The first-order chi connectivity index (χ1) is 13.0. The molecule has 152 valence electrons. The van der Waals surface area contributed by atoms with Crippen LogP contribution in [0.2, 0.25) is 0 Å². The number of guanidine groups is 1. The van der Waals surface area contributed by atoms with Crippen LogP contribution in [0.1, 0.15) is 5.56 Å². The molecule has 0 aliphatic carbocycles. The van der Waals surface area contributed by atoms with Crippen LogP contribution in [0.25, 0.3) is 0 Å². The van der Waals surface area contributed by atoms with E-state index in [4.69, 9.17) is 9.47 Å². The number of aliphatic imine (C=N–C) groups is 1. The molecule has 0 radical (unpaired) electrons. The average Bonchev–Trinajstić information content (AvgIpc) is 2.69. The van der Waals surface area contributed by atoms with Gasteiger partial charge in [-0.1, -0.05) is 6.07 Å². The highest BCUT2D eigenvalue weighted by Gasteiger charge is 2.07. The van der Waals surface area contributed by atoms with Gasteiger partial charge in [-0.05, 0) is 42.0 Å². The van der Waals surface area contributed by atoms with Gasteiger partial charge in [-0.2, -0.15) is 0 Å². The third-order valence-electron chi connectivity index (χ3n) is 3.68. The number of ether oxygens (including phenoxy) is 2. The molecule has 2 rings (SSSR count). The number of hydrogen-bond acceptors (Lipinski definition) is 4. The van der Waals surface area contributed by atoms with Crippen molar-refractivity contribution in [2.75, 3.05) is 33.1 Å². The molecule has 0 aliphatic heterocycles. The van der Waals surface area contributed by atoms with Crippen LogP contribution in [0, 0.1) is 5.82 Å². The lowest BCUT2D eigenvalue weighted by Gasteiger charge is -2.13. The quantitative estimate of drug-likeness (QED) is 0.308. The fraction of sp³-hybridized carbons (Fsp3) is 0.263. The third kappa shape index (κ3) is 7.22. The molecule has 0 aromatic heterocycles. The van der Waals surface area contributed by atoms with E-state index >= 15 is 0 Å². The second-order valence-electron chi connectivity index (χ2n) is 5.52. The van der Waals surface area contributed by atoms with Gasteiger partial charge in [-0.25, -0.2) is 4.39 Å². The van der Waals surface area contributed by atoms with Crippen molar-refractivity contribution >= 4 is 41.5 Å². The van der Waals surface area contributed by atoms with E-state index in [0.717, 1.165) is 5.56 Å². The van der Waals surface area contributed by atoms with Crippen LogP contribution in [0.4, 0.5) is 10.1 Å². The summed E-state index contributed by atoms with van der Waals surface area (Å²) in [6.07, 6.45) is 0. The summed E-state index contributed by atoms with van der Waals surface area (Å²) in [5.74, 6) is 1.14. The van der Waals surface area contributed by atoms with Gasteiger partial charge in [0.1, 0.15) is 5.82 Å². The SMILES string of the molecule is CN=C(NCC(=O)Nc1ccc(F)cc1)NCc1ccc(OC)c(OC)c1.I. The Morgan fingerprint density at radius 3 is 2.32 bits per heavy atom. The first-order valence-corrected chi connectivity index (χ1v) is 8.26. The Kier molecular flexibility index (Phi) is 10.1. The first kappa shape index (κ1) is 23.5. The van der Waals surface area contributed by atoms with E-state index in [-0.39, 0.29) is 42.2 Å². The molecule has 2 aromatic carbocycles. The van der Waals surface area contributed by atoms with Gasteiger partial charge >= 0.3 is 0 Å². The monoisotopic (exact) mass is 502 g/mol. The van der Waals surface area contributed by atoms with Gasteiger partial charge in [0.15, 0.2) is 17.5 Å². The zero-order valence-electron chi connectivity index (χ0n) is 15.9. The predicted octanol–water partition coefficient (Wildman–Crippen LogP) is 2.76. The normalized spacial score (nSPS) is 10.5. The zero-order chi connectivity index (χ0) is 19.6. The summed E-state index contributed by atoms with van der Waals surface area (Å²) in [4.78, 5) is 16.0. The number of hydrogen-bond donors (Lipinski definition) is 3. The number of halogens is 2. The van der Waals surface area contributed by atoms with E-state index in [9.17, 15) is 9.18 Å². The summed E-state index contributed by atoms with van der Waals surface area (Å²) in [5, 5.41) is 8.70. The maximum Gasteiger partial charge on any atom is 0.243 e. The number of carbonyl (C=O) groups is 1. The highest BCUT2D eigenvalue weighted by atomic mass is 127. The highest BCUT2D eigenvalue weighted by Crippen LogP contribution is 2.27. The van der Waals surface area contributed by atoms with Crippen molar-refractivity contribution in [3.63, 3.8) is 0 Å². The Hall–Kier alpha value is -2.56. The second kappa shape index (κ2) is 12.0. The Morgan fingerprint density at radius 2 is 1.71 bits per heavy atom. The lowest BCUT2D eigenvalue weighted by Crippen LogP contribution is -2.41. The van der Waals surface area contributed by atoms with Gasteiger partial charge in [-0.3, -0.25) is 9.79 Å². The summed E-state index contributed by atoms with van der Waals surface area (Å²) in [7, 11) is 4.77.